The molecule has 0 aromatic heterocycles. The van der Waals surface area contributed by atoms with Crippen LogP contribution in [0.1, 0.15) is 37.7 Å². The Morgan fingerprint density at radius 3 is 2.48 bits per heavy atom. The van der Waals surface area contributed by atoms with Gasteiger partial charge in [-0.05, 0) is 57.2 Å². The highest BCUT2D eigenvalue weighted by Crippen LogP contribution is 2.25. The van der Waals surface area contributed by atoms with E-state index in [1.807, 2.05) is 47.2 Å². The molecule has 1 aromatic carbocycles. The molecule has 3 rings (SSSR count). The van der Waals surface area contributed by atoms with Crippen molar-refractivity contribution in [1.82, 2.24) is 15.1 Å². The van der Waals surface area contributed by atoms with Gasteiger partial charge in [-0.15, -0.1) is 0 Å². The van der Waals surface area contributed by atoms with Crippen LogP contribution in [0.4, 0.5) is 0 Å². The van der Waals surface area contributed by atoms with Crippen molar-refractivity contribution >= 4 is 11.8 Å². The van der Waals surface area contributed by atoms with Gasteiger partial charge in [0.25, 0.3) is 0 Å². The highest BCUT2D eigenvalue weighted by atomic mass is 16.2. The Balaban J connectivity index is 1.49. The number of rotatable bonds is 6. The van der Waals surface area contributed by atoms with Crippen LogP contribution in [0.2, 0.25) is 0 Å². The molecule has 0 aliphatic carbocycles. The number of amides is 2. The Kier molecular flexibility index (Phi) is 7.27. The monoisotopic (exact) mass is 371 g/mol. The molecule has 1 N–H and O–H groups in total. The van der Waals surface area contributed by atoms with Crippen molar-refractivity contribution in [2.24, 2.45) is 11.8 Å². The van der Waals surface area contributed by atoms with Crippen molar-refractivity contribution in [2.45, 2.75) is 38.5 Å². The molecular weight excluding hydrogens is 338 g/mol. The summed E-state index contributed by atoms with van der Waals surface area (Å²) in [5.41, 5.74) is 1.04. The van der Waals surface area contributed by atoms with E-state index in [1.165, 1.54) is 6.42 Å². The predicted octanol–water partition coefficient (Wildman–Crippen LogP) is 2.32. The minimum absolute atomic E-state index is 0.0210. The SMILES string of the molecule is CNCCC1CCN(C(=O)C2CCCN(C(=O)Cc3ccccc3)C2)CC1. The summed E-state index contributed by atoms with van der Waals surface area (Å²) in [5, 5.41) is 3.22. The van der Waals surface area contributed by atoms with E-state index in [4.69, 9.17) is 0 Å². The molecule has 1 aromatic rings. The average molecular weight is 372 g/mol. The first kappa shape index (κ1) is 19.9. The van der Waals surface area contributed by atoms with Crippen LogP contribution in [0.3, 0.4) is 0 Å². The zero-order chi connectivity index (χ0) is 19.1. The summed E-state index contributed by atoms with van der Waals surface area (Å²) >= 11 is 0. The van der Waals surface area contributed by atoms with Gasteiger partial charge in [-0.2, -0.15) is 0 Å². The van der Waals surface area contributed by atoms with Crippen molar-refractivity contribution in [1.29, 1.82) is 0 Å². The number of nitrogens with zero attached hydrogens (tertiary/aromatic N) is 2. The van der Waals surface area contributed by atoms with Crippen LogP contribution in [0.25, 0.3) is 0 Å². The molecule has 0 spiro atoms. The number of benzene rings is 1. The number of carbonyl (C=O) groups is 2. The summed E-state index contributed by atoms with van der Waals surface area (Å²) < 4.78 is 0. The van der Waals surface area contributed by atoms with Gasteiger partial charge in [-0.3, -0.25) is 9.59 Å². The fraction of sp³-hybridized carbons (Fsp3) is 0.636. The van der Waals surface area contributed by atoms with Crippen molar-refractivity contribution < 1.29 is 9.59 Å². The number of carbonyl (C=O) groups excluding carboxylic acids is 2. The normalized spacial score (nSPS) is 21.3. The van der Waals surface area contributed by atoms with Crippen molar-refractivity contribution in [3.63, 3.8) is 0 Å². The standard InChI is InChI=1S/C22H33N3O2/c1-23-12-9-18-10-14-24(15-11-18)22(27)20-8-5-13-25(17-20)21(26)16-19-6-3-2-4-7-19/h2-4,6-7,18,20,23H,5,8-17H2,1H3. The van der Waals surface area contributed by atoms with Crippen LogP contribution in [0, 0.1) is 11.8 Å². The maximum absolute atomic E-state index is 13.0. The van der Waals surface area contributed by atoms with Crippen molar-refractivity contribution in [3.8, 4) is 0 Å². The summed E-state index contributed by atoms with van der Waals surface area (Å²) in [6.07, 6.45) is 5.68. The van der Waals surface area contributed by atoms with Crippen molar-refractivity contribution in [3.05, 3.63) is 35.9 Å². The lowest BCUT2D eigenvalue weighted by atomic mass is 9.91. The fourth-order valence-corrected chi connectivity index (χ4v) is 4.34. The minimum atomic E-state index is -0.0210. The van der Waals surface area contributed by atoms with E-state index in [0.29, 0.717) is 13.0 Å². The van der Waals surface area contributed by atoms with Crippen molar-refractivity contribution in [2.75, 3.05) is 39.8 Å². The average Bonchev–Trinajstić information content (AvgIpc) is 2.73. The lowest BCUT2D eigenvalue weighted by molar-refractivity contribution is -0.141. The largest absolute Gasteiger partial charge is 0.342 e. The Hall–Kier alpha value is -1.88. The number of hydrogen-bond donors (Lipinski definition) is 1. The third kappa shape index (κ3) is 5.55. The molecule has 5 heteroatoms. The summed E-state index contributed by atoms with van der Waals surface area (Å²) in [6.45, 7) is 4.18. The van der Waals surface area contributed by atoms with Crippen LogP contribution in [0.5, 0.6) is 0 Å². The maximum atomic E-state index is 13.0. The van der Waals surface area contributed by atoms with Gasteiger partial charge < -0.3 is 15.1 Å². The van der Waals surface area contributed by atoms with Gasteiger partial charge in [0, 0.05) is 26.2 Å². The summed E-state index contributed by atoms with van der Waals surface area (Å²) in [6, 6.07) is 9.87. The number of piperidine rings is 2. The molecule has 0 bridgehead atoms. The molecule has 148 valence electrons. The first-order valence-corrected chi connectivity index (χ1v) is 10.4. The van der Waals surface area contributed by atoms with E-state index in [-0.39, 0.29) is 17.7 Å². The second kappa shape index (κ2) is 9.88. The smallest absolute Gasteiger partial charge is 0.227 e. The van der Waals surface area contributed by atoms with Crippen LogP contribution in [-0.2, 0) is 16.0 Å². The Morgan fingerprint density at radius 1 is 1.04 bits per heavy atom. The molecule has 2 amide bonds. The molecular formula is C22H33N3O2. The van der Waals surface area contributed by atoms with E-state index in [9.17, 15) is 9.59 Å². The Morgan fingerprint density at radius 2 is 1.78 bits per heavy atom. The first-order valence-electron chi connectivity index (χ1n) is 10.4. The van der Waals surface area contributed by atoms with Gasteiger partial charge in [-0.1, -0.05) is 30.3 Å². The molecule has 0 saturated carbocycles. The second-order valence-electron chi connectivity index (χ2n) is 8.00. The Bertz CT molecular complexity index is 611. The lowest BCUT2D eigenvalue weighted by Crippen LogP contribution is -2.49. The Labute approximate surface area is 163 Å². The summed E-state index contributed by atoms with van der Waals surface area (Å²) in [4.78, 5) is 29.6. The van der Waals surface area contributed by atoms with E-state index in [0.717, 1.165) is 63.3 Å². The third-order valence-electron chi connectivity index (χ3n) is 6.05. The van der Waals surface area contributed by atoms with Gasteiger partial charge >= 0.3 is 0 Å². The molecule has 5 nitrogen and oxygen atoms in total. The molecule has 2 fully saturated rings. The highest BCUT2D eigenvalue weighted by molar-refractivity contribution is 5.82. The van der Waals surface area contributed by atoms with E-state index in [1.54, 1.807) is 0 Å². The van der Waals surface area contributed by atoms with E-state index >= 15 is 0 Å². The van der Waals surface area contributed by atoms with Gasteiger partial charge in [-0.25, -0.2) is 0 Å². The quantitative estimate of drug-likeness (QED) is 0.835. The zero-order valence-corrected chi connectivity index (χ0v) is 16.5. The molecule has 2 aliphatic rings. The maximum Gasteiger partial charge on any atom is 0.227 e. The molecule has 0 radical (unpaired) electrons. The zero-order valence-electron chi connectivity index (χ0n) is 16.5. The van der Waals surface area contributed by atoms with E-state index in [2.05, 4.69) is 5.32 Å². The van der Waals surface area contributed by atoms with Gasteiger partial charge in [0.15, 0.2) is 0 Å². The van der Waals surface area contributed by atoms with Crippen LogP contribution < -0.4 is 5.32 Å². The predicted molar refractivity (Wildman–Crippen MR) is 107 cm³/mol. The third-order valence-corrected chi connectivity index (χ3v) is 6.05. The number of hydrogen-bond acceptors (Lipinski definition) is 3. The van der Waals surface area contributed by atoms with Gasteiger partial charge in [0.05, 0.1) is 12.3 Å². The van der Waals surface area contributed by atoms with E-state index < -0.39 is 0 Å². The first-order chi connectivity index (χ1) is 13.2. The van der Waals surface area contributed by atoms with Gasteiger partial charge in [0.1, 0.15) is 0 Å². The number of nitrogens with one attached hydrogen (secondary N) is 1. The number of likely N-dealkylation sites (tertiary alicyclic amines) is 2. The minimum Gasteiger partial charge on any atom is -0.342 e. The fourth-order valence-electron chi connectivity index (χ4n) is 4.34. The van der Waals surface area contributed by atoms with Gasteiger partial charge in [0.2, 0.25) is 11.8 Å². The van der Waals surface area contributed by atoms with Crippen LogP contribution in [0.15, 0.2) is 30.3 Å². The highest BCUT2D eigenvalue weighted by Gasteiger charge is 2.32. The lowest BCUT2D eigenvalue weighted by Gasteiger charge is -2.38. The van der Waals surface area contributed by atoms with Crippen LogP contribution in [-0.4, -0.2) is 61.4 Å². The topological polar surface area (TPSA) is 52.7 Å². The molecule has 1 atom stereocenters. The molecule has 1 unspecified atom stereocenters. The van der Waals surface area contributed by atoms with Crippen LogP contribution >= 0.6 is 0 Å². The summed E-state index contributed by atoms with van der Waals surface area (Å²) in [5.74, 6) is 1.12. The molecule has 2 saturated heterocycles. The molecule has 2 heterocycles. The molecule has 27 heavy (non-hydrogen) atoms. The molecule has 2 aliphatic heterocycles. The second-order valence-corrected chi connectivity index (χ2v) is 8.00. The summed E-state index contributed by atoms with van der Waals surface area (Å²) in [7, 11) is 1.99.